The van der Waals surface area contributed by atoms with E-state index >= 15 is 0 Å². The summed E-state index contributed by atoms with van der Waals surface area (Å²) in [7, 11) is 0. The second kappa shape index (κ2) is 20.4. The summed E-state index contributed by atoms with van der Waals surface area (Å²) in [4.78, 5) is 0. The molecule has 0 atom stereocenters. The van der Waals surface area contributed by atoms with Crippen molar-refractivity contribution in [2.45, 2.75) is 70.6 Å². The summed E-state index contributed by atoms with van der Waals surface area (Å²) in [6.45, 7) is 0. The SMILES string of the molecule is SCCCCCCSCCCCCCCCCSCS. The van der Waals surface area contributed by atoms with Crippen molar-refractivity contribution in [2.75, 3.05) is 28.1 Å². The lowest BCUT2D eigenvalue weighted by atomic mass is 10.1. The van der Waals surface area contributed by atoms with Crippen LogP contribution in [0.3, 0.4) is 0 Å². The highest BCUT2D eigenvalue weighted by Crippen LogP contribution is 2.14. The lowest BCUT2D eigenvalue weighted by molar-refractivity contribution is 0.605. The third kappa shape index (κ3) is 19.4. The van der Waals surface area contributed by atoms with Gasteiger partial charge in [0.05, 0.1) is 0 Å². The van der Waals surface area contributed by atoms with Gasteiger partial charge in [0.1, 0.15) is 0 Å². The molecule has 0 aliphatic carbocycles. The molecule has 122 valence electrons. The first kappa shape index (κ1) is 21.4. The molecule has 20 heavy (non-hydrogen) atoms. The van der Waals surface area contributed by atoms with E-state index in [1.165, 1.54) is 87.9 Å². The van der Waals surface area contributed by atoms with Gasteiger partial charge in [-0.3, -0.25) is 0 Å². The maximum atomic E-state index is 4.24. The van der Waals surface area contributed by atoms with E-state index in [1.54, 1.807) is 0 Å². The van der Waals surface area contributed by atoms with E-state index in [9.17, 15) is 0 Å². The van der Waals surface area contributed by atoms with Crippen molar-refractivity contribution in [3.05, 3.63) is 0 Å². The molecule has 4 heteroatoms. The van der Waals surface area contributed by atoms with Crippen LogP contribution in [0.1, 0.15) is 70.6 Å². The van der Waals surface area contributed by atoms with Gasteiger partial charge in [0.25, 0.3) is 0 Å². The Morgan fingerprint density at radius 2 is 0.850 bits per heavy atom. The molecule has 0 amide bonds. The van der Waals surface area contributed by atoms with E-state index in [0.29, 0.717) is 0 Å². The van der Waals surface area contributed by atoms with E-state index < -0.39 is 0 Å². The summed E-state index contributed by atoms with van der Waals surface area (Å²) >= 11 is 12.6. The van der Waals surface area contributed by atoms with E-state index in [1.807, 2.05) is 11.8 Å². The van der Waals surface area contributed by atoms with Gasteiger partial charge in [0.15, 0.2) is 0 Å². The third-order valence-corrected chi connectivity index (χ3v) is 6.14. The van der Waals surface area contributed by atoms with Crippen LogP contribution in [0.15, 0.2) is 0 Å². The maximum absolute atomic E-state index is 4.24. The molecule has 0 heterocycles. The monoisotopic (exact) mass is 354 g/mol. The Balaban J connectivity index is 2.89. The second-order valence-corrected chi connectivity index (χ2v) is 8.78. The number of hydrogen-bond acceptors (Lipinski definition) is 4. The molecule has 0 bridgehead atoms. The molecule has 0 spiro atoms. The van der Waals surface area contributed by atoms with E-state index in [4.69, 9.17) is 0 Å². The molecule has 0 rings (SSSR count). The fourth-order valence-electron chi connectivity index (χ4n) is 2.13. The first-order chi connectivity index (χ1) is 9.91. The Morgan fingerprint density at radius 3 is 1.30 bits per heavy atom. The van der Waals surface area contributed by atoms with Crippen molar-refractivity contribution in [1.29, 1.82) is 0 Å². The van der Waals surface area contributed by atoms with Crippen LogP contribution in [-0.4, -0.2) is 28.1 Å². The number of thiol groups is 2. The van der Waals surface area contributed by atoms with Crippen LogP contribution in [0.5, 0.6) is 0 Å². The predicted molar refractivity (Wildman–Crippen MR) is 108 cm³/mol. The first-order valence-electron chi connectivity index (χ1n) is 8.29. The van der Waals surface area contributed by atoms with Gasteiger partial charge in [-0.1, -0.05) is 44.9 Å². The minimum atomic E-state index is 0.979. The van der Waals surface area contributed by atoms with Crippen LogP contribution >= 0.6 is 48.8 Å². The quantitative estimate of drug-likeness (QED) is 0.172. The Kier molecular flexibility index (Phi) is 21.8. The molecule has 0 unspecified atom stereocenters. The molecule has 0 radical (unpaired) electrons. The second-order valence-electron chi connectivity index (χ2n) is 5.26. The molecule has 0 N–H and O–H groups in total. The molecule has 0 saturated heterocycles. The molecule has 0 nitrogen and oxygen atoms in total. The molecule has 0 aliphatic heterocycles. The average Bonchev–Trinajstić information content (AvgIpc) is 2.47. The highest BCUT2D eigenvalue weighted by Gasteiger charge is 1.94. The van der Waals surface area contributed by atoms with Crippen LogP contribution in [-0.2, 0) is 0 Å². The molecule has 0 aromatic carbocycles. The zero-order chi connectivity index (χ0) is 14.7. The van der Waals surface area contributed by atoms with Crippen LogP contribution < -0.4 is 0 Å². The molecule has 0 aromatic rings. The van der Waals surface area contributed by atoms with E-state index in [0.717, 1.165) is 10.8 Å². The molecule has 0 fully saturated rings. The van der Waals surface area contributed by atoms with Gasteiger partial charge in [-0.2, -0.15) is 48.8 Å². The zero-order valence-corrected chi connectivity index (χ0v) is 16.4. The summed E-state index contributed by atoms with van der Waals surface area (Å²) in [5, 5.41) is 0.979. The minimum Gasteiger partial charge on any atom is -0.179 e. The third-order valence-electron chi connectivity index (χ3n) is 3.37. The molecule has 0 saturated carbocycles. The Morgan fingerprint density at radius 1 is 0.450 bits per heavy atom. The molecular weight excluding hydrogens is 320 g/mol. The molecule has 0 aromatic heterocycles. The fraction of sp³-hybridized carbons (Fsp3) is 1.00. The maximum Gasteiger partial charge on any atom is 0.0361 e. The van der Waals surface area contributed by atoms with Gasteiger partial charge < -0.3 is 0 Å². The molecular formula is C16H34S4. The number of rotatable bonds is 17. The van der Waals surface area contributed by atoms with Crippen molar-refractivity contribution in [3.8, 4) is 0 Å². The largest absolute Gasteiger partial charge is 0.179 e. The van der Waals surface area contributed by atoms with Gasteiger partial charge in [-0.05, 0) is 48.7 Å². The van der Waals surface area contributed by atoms with Gasteiger partial charge in [0.2, 0.25) is 0 Å². The number of hydrogen-bond donors (Lipinski definition) is 2. The predicted octanol–water partition coefficient (Wildman–Crippen LogP) is 6.56. The van der Waals surface area contributed by atoms with Gasteiger partial charge in [-0.15, -0.1) is 0 Å². The van der Waals surface area contributed by atoms with E-state index in [-0.39, 0.29) is 0 Å². The van der Waals surface area contributed by atoms with Crippen molar-refractivity contribution < 1.29 is 0 Å². The molecule has 0 aliphatic rings. The van der Waals surface area contributed by atoms with Crippen molar-refractivity contribution in [3.63, 3.8) is 0 Å². The van der Waals surface area contributed by atoms with Crippen LogP contribution in [0.2, 0.25) is 0 Å². The normalized spacial score (nSPS) is 11.1. The minimum absolute atomic E-state index is 0.979. The van der Waals surface area contributed by atoms with Crippen molar-refractivity contribution >= 4 is 48.8 Å². The standard InChI is InChI=1S/C16H34S4/c17-12-8-4-7-10-14-19-13-9-5-2-1-3-6-11-15-20-16-18/h17-18H,1-16H2. The highest BCUT2D eigenvalue weighted by molar-refractivity contribution is 8.09. The smallest absolute Gasteiger partial charge is 0.0361 e. The summed E-state index contributed by atoms with van der Waals surface area (Å²) < 4.78 is 0. The summed E-state index contributed by atoms with van der Waals surface area (Å²) in [5.41, 5.74) is 0. The number of unbranched alkanes of at least 4 members (excludes halogenated alkanes) is 9. The fourth-order valence-corrected chi connectivity index (χ4v) is 4.30. The van der Waals surface area contributed by atoms with E-state index in [2.05, 4.69) is 37.0 Å². The first-order valence-corrected chi connectivity index (χ1v) is 11.9. The Bertz CT molecular complexity index is 147. The number of thioether (sulfide) groups is 2. The van der Waals surface area contributed by atoms with Crippen molar-refractivity contribution in [1.82, 2.24) is 0 Å². The zero-order valence-electron chi connectivity index (χ0n) is 13.0. The average molecular weight is 355 g/mol. The van der Waals surface area contributed by atoms with Crippen LogP contribution in [0.4, 0.5) is 0 Å². The lowest BCUT2D eigenvalue weighted by Gasteiger charge is -2.03. The lowest BCUT2D eigenvalue weighted by Crippen LogP contribution is -1.87. The van der Waals surface area contributed by atoms with Crippen molar-refractivity contribution in [2.24, 2.45) is 0 Å². The van der Waals surface area contributed by atoms with Crippen LogP contribution in [0.25, 0.3) is 0 Å². The highest BCUT2D eigenvalue weighted by atomic mass is 32.2. The van der Waals surface area contributed by atoms with Gasteiger partial charge >= 0.3 is 0 Å². The summed E-state index contributed by atoms with van der Waals surface area (Å²) in [6, 6.07) is 0. The van der Waals surface area contributed by atoms with Gasteiger partial charge in [0, 0.05) is 5.08 Å². The summed E-state index contributed by atoms with van der Waals surface area (Å²) in [5.74, 6) is 5.11. The Labute approximate surface area is 147 Å². The Hall–Kier alpha value is 1.40. The summed E-state index contributed by atoms with van der Waals surface area (Å²) in [6.07, 6.45) is 15.5. The topological polar surface area (TPSA) is 0 Å². The van der Waals surface area contributed by atoms with Gasteiger partial charge in [-0.25, -0.2) is 0 Å². The van der Waals surface area contributed by atoms with Crippen LogP contribution in [0, 0.1) is 0 Å².